The first-order valence-corrected chi connectivity index (χ1v) is 9.12. The van der Waals surface area contributed by atoms with Crippen molar-refractivity contribution in [2.75, 3.05) is 19.6 Å². The molecule has 0 spiro atoms. The highest BCUT2D eigenvalue weighted by Crippen LogP contribution is 2.19. The van der Waals surface area contributed by atoms with Crippen LogP contribution >= 0.6 is 0 Å². The standard InChI is InChI=1S/C20H33N3O/c1-5-9-18(15-22-20(24)7-3)19-11-10-17(12-13-21-19)16-23(8-4)14-6-2/h5,7,9,12-13,15,17-18,24H,6,8,10-11,14,16H2,1-4H3/b9-5?,20-7+,22-15-. The van der Waals surface area contributed by atoms with Crippen molar-refractivity contribution in [3.8, 4) is 0 Å². The van der Waals surface area contributed by atoms with Crippen molar-refractivity contribution in [3.05, 3.63) is 36.4 Å². The van der Waals surface area contributed by atoms with Gasteiger partial charge in [0.1, 0.15) is 0 Å². The third-order valence-corrected chi connectivity index (χ3v) is 4.26. The third-order valence-electron chi connectivity index (χ3n) is 4.26. The molecule has 0 aromatic heterocycles. The Morgan fingerprint density at radius 1 is 1.46 bits per heavy atom. The van der Waals surface area contributed by atoms with Crippen molar-refractivity contribution in [3.63, 3.8) is 0 Å². The molecule has 24 heavy (non-hydrogen) atoms. The number of hydrogen-bond acceptors (Lipinski definition) is 4. The van der Waals surface area contributed by atoms with Gasteiger partial charge in [0.2, 0.25) is 5.88 Å². The van der Waals surface area contributed by atoms with Gasteiger partial charge in [-0.05, 0) is 58.2 Å². The monoisotopic (exact) mass is 331 g/mol. The van der Waals surface area contributed by atoms with Crippen molar-refractivity contribution >= 4 is 11.9 Å². The van der Waals surface area contributed by atoms with Gasteiger partial charge in [-0.2, -0.15) is 0 Å². The Morgan fingerprint density at radius 3 is 2.88 bits per heavy atom. The van der Waals surface area contributed by atoms with Crippen LogP contribution in [0.4, 0.5) is 0 Å². The van der Waals surface area contributed by atoms with Gasteiger partial charge in [-0.1, -0.05) is 32.1 Å². The minimum Gasteiger partial charge on any atom is -0.494 e. The van der Waals surface area contributed by atoms with Crippen LogP contribution in [0.3, 0.4) is 0 Å². The average Bonchev–Trinajstić information content (AvgIpc) is 2.83. The van der Waals surface area contributed by atoms with E-state index < -0.39 is 0 Å². The van der Waals surface area contributed by atoms with Crippen molar-refractivity contribution in [2.45, 2.75) is 47.0 Å². The van der Waals surface area contributed by atoms with Crippen molar-refractivity contribution in [2.24, 2.45) is 21.8 Å². The molecule has 4 nitrogen and oxygen atoms in total. The first-order chi connectivity index (χ1) is 11.6. The van der Waals surface area contributed by atoms with E-state index in [9.17, 15) is 5.11 Å². The topological polar surface area (TPSA) is 48.2 Å². The van der Waals surface area contributed by atoms with Gasteiger partial charge in [0.15, 0.2) is 0 Å². The fourth-order valence-electron chi connectivity index (χ4n) is 2.87. The van der Waals surface area contributed by atoms with E-state index in [0.717, 1.165) is 38.2 Å². The lowest BCUT2D eigenvalue weighted by molar-refractivity contribution is 0.256. The molecule has 1 aliphatic heterocycles. The lowest BCUT2D eigenvalue weighted by atomic mass is 9.95. The summed E-state index contributed by atoms with van der Waals surface area (Å²) in [7, 11) is 0. The van der Waals surface area contributed by atoms with Gasteiger partial charge in [0.25, 0.3) is 0 Å². The second kappa shape index (κ2) is 11.8. The number of hydrogen-bond donors (Lipinski definition) is 1. The van der Waals surface area contributed by atoms with E-state index in [2.05, 4.69) is 40.9 Å². The summed E-state index contributed by atoms with van der Waals surface area (Å²) in [5.41, 5.74) is 1.11. The Bertz CT molecular complexity index is 503. The van der Waals surface area contributed by atoms with Crippen LogP contribution < -0.4 is 0 Å². The zero-order valence-corrected chi connectivity index (χ0v) is 15.7. The highest BCUT2D eigenvalue weighted by molar-refractivity contribution is 6.01. The minimum absolute atomic E-state index is 0.0402. The van der Waals surface area contributed by atoms with Crippen LogP contribution in [0.5, 0.6) is 0 Å². The predicted octanol–water partition coefficient (Wildman–Crippen LogP) is 4.77. The number of aliphatic imine (C=N–C) groups is 2. The Morgan fingerprint density at radius 2 is 2.25 bits per heavy atom. The fourth-order valence-corrected chi connectivity index (χ4v) is 2.87. The molecule has 0 fully saturated rings. The molecule has 0 aromatic rings. The first-order valence-electron chi connectivity index (χ1n) is 9.12. The third kappa shape index (κ3) is 7.26. The van der Waals surface area contributed by atoms with Crippen LogP contribution in [0.15, 0.2) is 46.4 Å². The molecule has 0 aromatic carbocycles. The number of allylic oxidation sites excluding steroid dienone is 3. The molecule has 0 amide bonds. The van der Waals surface area contributed by atoms with E-state index in [4.69, 9.17) is 0 Å². The lowest BCUT2D eigenvalue weighted by Crippen LogP contribution is -2.29. The summed E-state index contributed by atoms with van der Waals surface area (Å²) in [6.45, 7) is 11.6. The van der Waals surface area contributed by atoms with Crippen LogP contribution in [0.2, 0.25) is 0 Å². The summed E-state index contributed by atoms with van der Waals surface area (Å²) in [5.74, 6) is 0.633. The maximum absolute atomic E-state index is 9.53. The van der Waals surface area contributed by atoms with Crippen LogP contribution in [-0.4, -0.2) is 41.6 Å². The van der Waals surface area contributed by atoms with E-state index >= 15 is 0 Å². The van der Waals surface area contributed by atoms with Crippen molar-refractivity contribution < 1.29 is 5.11 Å². The number of aliphatic hydroxyl groups excluding tert-OH is 1. The average molecular weight is 332 g/mol. The van der Waals surface area contributed by atoms with Gasteiger partial charge in [-0.3, -0.25) is 4.99 Å². The summed E-state index contributed by atoms with van der Waals surface area (Å²) >= 11 is 0. The Hall–Kier alpha value is -1.68. The maximum Gasteiger partial charge on any atom is 0.205 e. The SMILES string of the molecule is CC=CC(/C=N\C(O)=C/C)C1=NC=CC(CN(CC)CCC)CC1. The van der Waals surface area contributed by atoms with Gasteiger partial charge < -0.3 is 10.0 Å². The van der Waals surface area contributed by atoms with Crippen LogP contribution in [0.25, 0.3) is 0 Å². The molecule has 2 unspecified atom stereocenters. The Balaban J connectivity index is 2.71. The van der Waals surface area contributed by atoms with Crippen molar-refractivity contribution in [1.29, 1.82) is 0 Å². The zero-order chi connectivity index (χ0) is 17.8. The quantitative estimate of drug-likeness (QED) is 0.376. The minimum atomic E-state index is 0.0402. The summed E-state index contributed by atoms with van der Waals surface area (Å²) < 4.78 is 0. The molecule has 134 valence electrons. The van der Waals surface area contributed by atoms with Gasteiger partial charge in [-0.15, -0.1) is 0 Å². The molecule has 1 N–H and O–H groups in total. The molecular weight excluding hydrogens is 298 g/mol. The lowest BCUT2D eigenvalue weighted by Gasteiger charge is -2.24. The summed E-state index contributed by atoms with van der Waals surface area (Å²) in [5, 5.41) is 9.53. The highest BCUT2D eigenvalue weighted by Gasteiger charge is 2.17. The molecule has 2 atom stereocenters. The van der Waals surface area contributed by atoms with Crippen LogP contribution in [0, 0.1) is 11.8 Å². The molecule has 1 aliphatic rings. The first kappa shape index (κ1) is 20.4. The zero-order valence-electron chi connectivity index (χ0n) is 15.7. The van der Waals surface area contributed by atoms with E-state index in [0.29, 0.717) is 5.92 Å². The highest BCUT2D eigenvalue weighted by atomic mass is 16.3. The van der Waals surface area contributed by atoms with E-state index in [1.165, 1.54) is 6.42 Å². The molecule has 0 radical (unpaired) electrons. The van der Waals surface area contributed by atoms with Gasteiger partial charge >= 0.3 is 0 Å². The summed E-state index contributed by atoms with van der Waals surface area (Å²) in [6, 6.07) is 0. The molecule has 4 heteroatoms. The molecule has 0 saturated heterocycles. The summed E-state index contributed by atoms with van der Waals surface area (Å²) in [6.07, 6.45) is 14.9. The van der Waals surface area contributed by atoms with Crippen molar-refractivity contribution in [1.82, 2.24) is 4.90 Å². The number of aliphatic hydroxyl groups is 1. The van der Waals surface area contributed by atoms with Gasteiger partial charge in [0, 0.05) is 24.7 Å². The van der Waals surface area contributed by atoms with Gasteiger partial charge in [-0.25, -0.2) is 4.99 Å². The molecule has 1 rings (SSSR count). The van der Waals surface area contributed by atoms with Crippen LogP contribution in [-0.2, 0) is 0 Å². The number of nitrogens with zero attached hydrogens (tertiary/aromatic N) is 3. The molecular formula is C20H33N3O. The predicted molar refractivity (Wildman–Crippen MR) is 105 cm³/mol. The van der Waals surface area contributed by atoms with Crippen LogP contribution in [0.1, 0.15) is 47.0 Å². The molecule has 0 aliphatic carbocycles. The fraction of sp³-hybridized carbons (Fsp3) is 0.600. The smallest absolute Gasteiger partial charge is 0.205 e. The van der Waals surface area contributed by atoms with E-state index in [1.807, 2.05) is 19.2 Å². The molecule has 0 saturated carbocycles. The molecule has 0 bridgehead atoms. The molecule has 1 heterocycles. The normalized spacial score (nSPS) is 20.8. The second-order valence-corrected chi connectivity index (χ2v) is 6.13. The maximum atomic E-state index is 9.53. The van der Waals surface area contributed by atoms with E-state index in [-0.39, 0.29) is 11.8 Å². The summed E-state index contributed by atoms with van der Waals surface area (Å²) in [4.78, 5) is 11.3. The number of rotatable bonds is 9. The Labute approximate surface area is 147 Å². The van der Waals surface area contributed by atoms with Gasteiger partial charge in [0.05, 0.1) is 5.92 Å². The Kier molecular flexibility index (Phi) is 10.0. The second-order valence-electron chi connectivity index (χ2n) is 6.13. The van der Waals surface area contributed by atoms with E-state index in [1.54, 1.807) is 19.2 Å². The largest absolute Gasteiger partial charge is 0.494 e.